The first-order chi connectivity index (χ1) is 8.65. The second kappa shape index (κ2) is 5.64. The quantitative estimate of drug-likeness (QED) is 0.724. The summed E-state index contributed by atoms with van der Waals surface area (Å²) >= 11 is 0. The molecule has 5 nitrogen and oxygen atoms in total. The van der Waals surface area contributed by atoms with Crippen LogP contribution in [0.4, 0.5) is 5.69 Å². The minimum Gasteiger partial charge on any atom is -0.353 e. The van der Waals surface area contributed by atoms with E-state index in [1.54, 1.807) is 0 Å². The average molecular weight is 247 g/mol. The summed E-state index contributed by atoms with van der Waals surface area (Å²) in [6.07, 6.45) is 0.152. The van der Waals surface area contributed by atoms with Crippen LogP contribution < -0.4 is 16.0 Å². The molecule has 18 heavy (non-hydrogen) atoms. The number of amides is 2. The highest BCUT2D eigenvalue weighted by Crippen LogP contribution is 2.09. The summed E-state index contributed by atoms with van der Waals surface area (Å²) in [7, 11) is 0. The molecule has 1 saturated heterocycles. The molecule has 5 heteroatoms. The van der Waals surface area contributed by atoms with Crippen LogP contribution in [-0.2, 0) is 9.59 Å². The molecule has 0 unspecified atom stereocenters. The number of aryl methyl sites for hydroxylation is 1. The predicted octanol–water partition coefficient (Wildman–Crippen LogP) is 0.412. The molecule has 0 saturated carbocycles. The normalized spacial score (nSPS) is 19.2. The van der Waals surface area contributed by atoms with E-state index >= 15 is 0 Å². The van der Waals surface area contributed by atoms with Crippen LogP contribution in [0.15, 0.2) is 24.3 Å². The molecular weight excluding hydrogens is 230 g/mol. The van der Waals surface area contributed by atoms with Crippen LogP contribution in [0.3, 0.4) is 0 Å². The lowest BCUT2D eigenvalue weighted by Gasteiger charge is -2.22. The molecule has 96 valence electrons. The molecule has 2 amide bonds. The smallest absolute Gasteiger partial charge is 0.237 e. The average Bonchev–Trinajstić information content (AvgIpc) is 2.35. The van der Waals surface area contributed by atoms with Crippen molar-refractivity contribution in [2.75, 3.05) is 18.4 Å². The first-order valence-corrected chi connectivity index (χ1v) is 6.03. The van der Waals surface area contributed by atoms with Crippen LogP contribution in [0.5, 0.6) is 0 Å². The van der Waals surface area contributed by atoms with Crippen molar-refractivity contribution in [3.8, 4) is 0 Å². The fourth-order valence-electron chi connectivity index (χ4n) is 1.85. The van der Waals surface area contributed by atoms with Crippen molar-refractivity contribution in [3.63, 3.8) is 0 Å². The minimum absolute atomic E-state index is 0.111. The number of hydrogen-bond donors (Lipinski definition) is 3. The molecule has 0 spiro atoms. The van der Waals surface area contributed by atoms with Gasteiger partial charge in [0.2, 0.25) is 11.8 Å². The largest absolute Gasteiger partial charge is 0.353 e. The van der Waals surface area contributed by atoms with Gasteiger partial charge >= 0.3 is 0 Å². The molecule has 1 heterocycles. The Labute approximate surface area is 106 Å². The number of anilines is 1. The first kappa shape index (κ1) is 12.6. The van der Waals surface area contributed by atoms with Crippen LogP contribution in [0.25, 0.3) is 0 Å². The van der Waals surface area contributed by atoms with E-state index in [0.29, 0.717) is 13.1 Å². The summed E-state index contributed by atoms with van der Waals surface area (Å²) in [5, 5.41) is 8.53. The SMILES string of the molecule is Cc1ccc(NC(=O)C[C@H]2NCCNC2=O)cc1. The van der Waals surface area contributed by atoms with Gasteiger partial charge in [-0.1, -0.05) is 17.7 Å². The van der Waals surface area contributed by atoms with Gasteiger partial charge in [0.15, 0.2) is 0 Å². The van der Waals surface area contributed by atoms with Crippen LogP contribution in [0.2, 0.25) is 0 Å². The predicted molar refractivity (Wildman–Crippen MR) is 69.2 cm³/mol. The zero-order valence-corrected chi connectivity index (χ0v) is 10.3. The lowest BCUT2D eigenvalue weighted by Crippen LogP contribution is -2.53. The first-order valence-electron chi connectivity index (χ1n) is 6.03. The van der Waals surface area contributed by atoms with E-state index < -0.39 is 6.04 Å². The third-order valence-corrected chi connectivity index (χ3v) is 2.86. The van der Waals surface area contributed by atoms with Crippen molar-refractivity contribution in [1.29, 1.82) is 0 Å². The molecule has 0 aliphatic carbocycles. The summed E-state index contributed by atoms with van der Waals surface area (Å²) in [5.41, 5.74) is 1.89. The number of piperazine rings is 1. The second-order valence-electron chi connectivity index (χ2n) is 4.42. The van der Waals surface area contributed by atoms with Crippen molar-refractivity contribution < 1.29 is 9.59 Å². The molecule has 3 N–H and O–H groups in total. The fraction of sp³-hybridized carbons (Fsp3) is 0.385. The highest BCUT2D eigenvalue weighted by Gasteiger charge is 2.23. The standard InChI is InChI=1S/C13H17N3O2/c1-9-2-4-10(5-3-9)16-12(17)8-11-13(18)15-7-6-14-11/h2-5,11,14H,6-8H2,1H3,(H,15,18)(H,16,17)/t11-/m1/s1. The van der Waals surface area contributed by atoms with Crippen LogP contribution in [-0.4, -0.2) is 30.9 Å². The van der Waals surface area contributed by atoms with E-state index in [1.807, 2.05) is 31.2 Å². The molecule has 2 rings (SSSR count). The van der Waals surface area contributed by atoms with Crippen molar-refractivity contribution in [3.05, 3.63) is 29.8 Å². The van der Waals surface area contributed by atoms with Gasteiger partial charge in [-0.15, -0.1) is 0 Å². The van der Waals surface area contributed by atoms with Crippen molar-refractivity contribution in [2.45, 2.75) is 19.4 Å². The van der Waals surface area contributed by atoms with Gasteiger partial charge in [0.25, 0.3) is 0 Å². The van der Waals surface area contributed by atoms with E-state index in [1.165, 1.54) is 0 Å². The summed E-state index contributed by atoms with van der Waals surface area (Å²) in [5.74, 6) is -0.270. The van der Waals surface area contributed by atoms with Crippen molar-refractivity contribution >= 4 is 17.5 Å². The Morgan fingerprint density at radius 2 is 2.06 bits per heavy atom. The summed E-state index contributed by atoms with van der Waals surface area (Å²) in [4.78, 5) is 23.3. The molecule has 0 bridgehead atoms. The second-order valence-corrected chi connectivity index (χ2v) is 4.42. The highest BCUT2D eigenvalue weighted by molar-refractivity contribution is 5.95. The Hall–Kier alpha value is -1.88. The van der Waals surface area contributed by atoms with Gasteiger partial charge in [-0.05, 0) is 19.1 Å². The zero-order valence-electron chi connectivity index (χ0n) is 10.3. The lowest BCUT2D eigenvalue weighted by molar-refractivity contribution is -0.127. The number of rotatable bonds is 3. The summed E-state index contributed by atoms with van der Waals surface area (Å²) in [6.45, 7) is 3.31. The summed E-state index contributed by atoms with van der Waals surface area (Å²) < 4.78 is 0. The molecule has 1 aromatic rings. The van der Waals surface area contributed by atoms with E-state index in [0.717, 1.165) is 11.3 Å². The van der Waals surface area contributed by atoms with Crippen molar-refractivity contribution in [2.24, 2.45) is 0 Å². The molecule has 1 aliphatic heterocycles. The molecule has 0 radical (unpaired) electrons. The molecule has 1 atom stereocenters. The number of carbonyl (C=O) groups excluding carboxylic acids is 2. The Balaban J connectivity index is 1.88. The zero-order chi connectivity index (χ0) is 13.0. The van der Waals surface area contributed by atoms with Gasteiger partial charge in [-0.3, -0.25) is 9.59 Å². The van der Waals surface area contributed by atoms with E-state index in [4.69, 9.17) is 0 Å². The minimum atomic E-state index is -0.427. The molecule has 0 aromatic heterocycles. The van der Waals surface area contributed by atoms with E-state index in [9.17, 15) is 9.59 Å². The van der Waals surface area contributed by atoms with Crippen LogP contribution in [0, 0.1) is 6.92 Å². The third kappa shape index (κ3) is 3.30. The number of benzene rings is 1. The van der Waals surface area contributed by atoms with E-state index in [-0.39, 0.29) is 18.2 Å². The van der Waals surface area contributed by atoms with Gasteiger partial charge < -0.3 is 16.0 Å². The van der Waals surface area contributed by atoms with Gasteiger partial charge in [0, 0.05) is 18.8 Å². The molecule has 1 aliphatic rings. The fourth-order valence-corrected chi connectivity index (χ4v) is 1.85. The van der Waals surface area contributed by atoms with Crippen LogP contribution >= 0.6 is 0 Å². The van der Waals surface area contributed by atoms with Gasteiger partial charge in [-0.2, -0.15) is 0 Å². The maximum Gasteiger partial charge on any atom is 0.237 e. The number of carbonyl (C=O) groups is 2. The van der Waals surface area contributed by atoms with E-state index in [2.05, 4.69) is 16.0 Å². The van der Waals surface area contributed by atoms with Gasteiger partial charge in [0.1, 0.15) is 0 Å². The molecular formula is C13H17N3O2. The molecule has 1 fully saturated rings. The molecule has 1 aromatic carbocycles. The van der Waals surface area contributed by atoms with Crippen molar-refractivity contribution in [1.82, 2.24) is 10.6 Å². The van der Waals surface area contributed by atoms with Gasteiger partial charge in [0.05, 0.1) is 12.5 Å². The Morgan fingerprint density at radius 3 is 2.72 bits per heavy atom. The lowest BCUT2D eigenvalue weighted by atomic mass is 10.1. The Bertz CT molecular complexity index is 442. The Kier molecular flexibility index (Phi) is 3.94. The Morgan fingerprint density at radius 1 is 1.33 bits per heavy atom. The summed E-state index contributed by atoms with van der Waals surface area (Å²) in [6, 6.07) is 7.13. The highest BCUT2D eigenvalue weighted by atomic mass is 16.2. The third-order valence-electron chi connectivity index (χ3n) is 2.86. The monoisotopic (exact) mass is 247 g/mol. The number of nitrogens with one attached hydrogen (secondary N) is 3. The maximum atomic E-state index is 11.8. The topological polar surface area (TPSA) is 70.2 Å². The van der Waals surface area contributed by atoms with Crippen LogP contribution in [0.1, 0.15) is 12.0 Å². The number of hydrogen-bond acceptors (Lipinski definition) is 3. The van der Waals surface area contributed by atoms with Gasteiger partial charge in [-0.25, -0.2) is 0 Å². The maximum absolute atomic E-state index is 11.8.